The molecule has 0 fully saturated rings. The molecule has 1 aliphatic rings. The molecule has 7 nitrogen and oxygen atoms in total. The van der Waals surface area contributed by atoms with E-state index in [0.29, 0.717) is 12.2 Å². The van der Waals surface area contributed by atoms with E-state index in [1.807, 2.05) is 0 Å². The van der Waals surface area contributed by atoms with Gasteiger partial charge in [-0.1, -0.05) is 30.3 Å². The molecule has 1 aromatic heterocycles. The van der Waals surface area contributed by atoms with Crippen molar-refractivity contribution in [1.82, 2.24) is 4.57 Å². The fourth-order valence-corrected chi connectivity index (χ4v) is 3.87. The Labute approximate surface area is 180 Å². The van der Waals surface area contributed by atoms with Crippen LogP contribution in [0.3, 0.4) is 0 Å². The number of nitrogens with zero attached hydrogens (tertiary/aromatic N) is 1. The lowest BCUT2D eigenvalue weighted by Gasteiger charge is -2.21. The Morgan fingerprint density at radius 3 is 2.42 bits per heavy atom. The van der Waals surface area contributed by atoms with Crippen molar-refractivity contribution >= 4 is 22.8 Å². The minimum atomic E-state index is -1.26. The fraction of sp³-hybridized carbons (Fsp3) is 0.250. The van der Waals surface area contributed by atoms with Crippen LogP contribution in [0, 0.1) is 0 Å². The number of carboxylic acids is 2. The van der Waals surface area contributed by atoms with Crippen molar-refractivity contribution in [3.8, 4) is 5.75 Å². The smallest absolute Gasteiger partial charge is 0.328 e. The highest BCUT2D eigenvalue weighted by molar-refractivity contribution is 5.89. The van der Waals surface area contributed by atoms with Crippen LogP contribution in [0.15, 0.2) is 60.7 Å². The molecule has 31 heavy (non-hydrogen) atoms. The van der Waals surface area contributed by atoms with Gasteiger partial charge >= 0.3 is 11.9 Å². The molecular formula is C24H26N2O5. The Kier molecular flexibility index (Phi) is 7.10. The Morgan fingerprint density at radius 2 is 1.81 bits per heavy atom. The number of carbonyl (C=O) groups is 2. The maximum Gasteiger partial charge on any atom is 0.328 e. The molecule has 4 rings (SSSR count). The van der Waals surface area contributed by atoms with Crippen molar-refractivity contribution in [1.29, 1.82) is 0 Å². The molecular weight excluding hydrogens is 396 g/mol. The molecule has 2 aromatic carbocycles. The normalized spacial score (nSPS) is 15.2. The number of hydrogen-bond acceptors (Lipinski definition) is 4. The largest absolute Gasteiger partial charge is 0.497 e. The summed E-state index contributed by atoms with van der Waals surface area (Å²) in [7, 11) is 1.72. The minimum Gasteiger partial charge on any atom is -0.497 e. The van der Waals surface area contributed by atoms with Gasteiger partial charge in [0.25, 0.3) is 0 Å². The summed E-state index contributed by atoms with van der Waals surface area (Å²) in [6.45, 7) is 0.911. The monoisotopic (exact) mass is 422 g/mol. The molecule has 1 unspecified atom stereocenters. The van der Waals surface area contributed by atoms with E-state index >= 15 is 0 Å². The van der Waals surface area contributed by atoms with Gasteiger partial charge in [0.15, 0.2) is 0 Å². The average Bonchev–Trinajstić information content (AvgIpc) is 3.05. The highest BCUT2D eigenvalue weighted by Gasteiger charge is 2.24. The summed E-state index contributed by atoms with van der Waals surface area (Å²) in [6.07, 6.45) is 4.20. The van der Waals surface area contributed by atoms with Crippen LogP contribution in [0.2, 0.25) is 0 Å². The molecule has 1 atom stereocenters. The zero-order valence-corrected chi connectivity index (χ0v) is 17.3. The van der Waals surface area contributed by atoms with Crippen molar-refractivity contribution in [3.63, 3.8) is 0 Å². The topological polar surface area (TPSA) is 115 Å². The number of methoxy groups -OCH3 is 1. The van der Waals surface area contributed by atoms with E-state index in [-0.39, 0.29) is 6.04 Å². The van der Waals surface area contributed by atoms with Gasteiger partial charge in [-0.05, 0) is 48.6 Å². The van der Waals surface area contributed by atoms with Crippen LogP contribution >= 0.6 is 0 Å². The molecule has 0 aliphatic heterocycles. The second kappa shape index (κ2) is 9.95. The molecule has 0 amide bonds. The zero-order chi connectivity index (χ0) is 22.4. The third-order valence-electron chi connectivity index (χ3n) is 5.26. The van der Waals surface area contributed by atoms with Crippen LogP contribution < -0.4 is 10.5 Å². The maximum absolute atomic E-state index is 9.55. The summed E-state index contributed by atoms with van der Waals surface area (Å²) in [4.78, 5) is 19.1. The van der Waals surface area contributed by atoms with Crippen LogP contribution in [0.1, 0.15) is 23.2 Å². The number of hydrogen-bond donors (Lipinski definition) is 3. The van der Waals surface area contributed by atoms with Gasteiger partial charge in [0.2, 0.25) is 0 Å². The second-order valence-corrected chi connectivity index (χ2v) is 7.39. The highest BCUT2D eigenvalue weighted by Crippen LogP contribution is 2.34. The molecule has 1 aliphatic carbocycles. The van der Waals surface area contributed by atoms with Crippen molar-refractivity contribution in [2.75, 3.05) is 7.11 Å². The van der Waals surface area contributed by atoms with E-state index in [2.05, 4.69) is 53.1 Å². The Bertz CT molecular complexity index is 1090. The van der Waals surface area contributed by atoms with Crippen molar-refractivity contribution in [3.05, 3.63) is 77.5 Å². The predicted octanol–water partition coefficient (Wildman–Crippen LogP) is 3.23. The first-order valence-electron chi connectivity index (χ1n) is 10.0. The van der Waals surface area contributed by atoms with Crippen LogP contribution in [0.5, 0.6) is 5.75 Å². The third-order valence-corrected chi connectivity index (χ3v) is 5.26. The van der Waals surface area contributed by atoms with Crippen LogP contribution in [-0.4, -0.2) is 39.9 Å². The first kappa shape index (κ1) is 22.1. The van der Waals surface area contributed by atoms with Gasteiger partial charge in [-0.3, -0.25) is 0 Å². The molecule has 7 heteroatoms. The molecule has 4 N–H and O–H groups in total. The number of aromatic nitrogens is 1. The maximum atomic E-state index is 9.55. The zero-order valence-electron chi connectivity index (χ0n) is 17.3. The lowest BCUT2D eigenvalue weighted by molar-refractivity contribution is -0.134. The summed E-state index contributed by atoms with van der Waals surface area (Å²) in [6, 6.07) is 17.3. The van der Waals surface area contributed by atoms with Gasteiger partial charge < -0.3 is 25.3 Å². The number of rotatable bonds is 5. The SMILES string of the molecule is COc1ccc2c(c1)c1c(n2Cc2ccccc2)CCC(N)C1.O=C(O)/C=C\C(=O)O. The molecule has 0 saturated carbocycles. The quantitative estimate of drug-likeness (QED) is 0.544. The first-order chi connectivity index (χ1) is 14.9. The standard InChI is InChI=1S/C20H22N2O.C4H4O4/c1-23-16-8-10-20-18(12-16)17-11-15(21)7-9-19(17)22(20)13-14-5-3-2-4-6-14;5-3(6)1-2-4(7)8/h2-6,8,10,12,15H,7,9,11,13,21H2,1H3;1-2H,(H,5,6)(H,7,8)/b;2-1-. The Balaban J connectivity index is 0.000000293. The van der Waals surface area contributed by atoms with E-state index in [1.165, 1.54) is 27.7 Å². The number of aliphatic carboxylic acids is 2. The van der Waals surface area contributed by atoms with Gasteiger partial charge in [0, 0.05) is 41.3 Å². The summed E-state index contributed by atoms with van der Waals surface area (Å²) < 4.78 is 7.89. The summed E-state index contributed by atoms with van der Waals surface area (Å²) in [5, 5.41) is 16.9. The predicted molar refractivity (Wildman–Crippen MR) is 118 cm³/mol. The molecule has 0 radical (unpaired) electrons. The van der Waals surface area contributed by atoms with E-state index in [1.54, 1.807) is 7.11 Å². The fourth-order valence-electron chi connectivity index (χ4n) is 3.87. The first-order valence-corrected chi connectivity index (χ1v) is 10.0. The highest BCUT2D eigenvalue weighted by atomic mass is 16.5. The summed E-state index contributed by atoms with van der Waals surface area (Å²) in [5.41, 5.74) is 11.7. The van der Waals surface area contributed by atoms with Crippen LogP contribution in [0.4, 0.5) is 0 Å². The van der Waals surface area contributed by atoms with Gasteiger partial charge in [-0.25, -0.2) is 9.59 Å². The minimum absolute atomic E-state index is 0.268. The average molecular weight is 422 g/mol. The van der Waals surface area contributed by atoms with Gasteiger partial charge in [0.05, 0.1) is 7.11 Å². The van der Waals surface area contributed by atoms with E-state index in [9.17, 15) is 9.59 Å². The Hall–Kier alpha value is -3.58. The van der Waals surface area contributed by atoms with Gasteiger partial charge in [-0.2, -0.15) is 0 Å². The molecule has 162 valence electrons. The van der Waals surface area contributed by atoms with Gasteiger partial charge in [0.1, 0.15) is 5.75 Å². The molecule has 0 bridgehead atoms. The second-order valence-electron chi connectivity index (χ2n) is 7.39. The van der Waals surface area contributed by atoms with E-state index < -0.39 is 11.9 Å². The van der Waals surface area contributed by atoms with Crippen molar-refractivity contribution in [2.24, 2.45) is 5.73 Å². The lowest BCUT2D eigenvalue weighted by atomic mass is 9.92. The van der Waals surface area contributed by atoms with Crippen LogP contribution in [0.25, 0.3) is 10.9 Å². The number of ether oxygens (including phenoxy) is 1. The van der Waals surface area contributed by atoms with E-state index in [4.69, 9.17) is 20.7 Å². The number of nitrogens with two attached hydrogens (primary N) is 1. The van der Waals surface area contributed by atoms with Crippen molar-refractivity contribution in [2.45, 2.75) is 31.8 Å². The number of carboxylic acid groups (broad SMARTS) is 2. The summed E-state index contributed by atoms with van der Waals surface area (Å²) >= 11 is 0. The summed E-state index contributed by atoms with van der Waals surface area (Å²) in [5.74, 6) is -1.60. The van der Waals surface area contributed by atoms with Gasteiger partial charge in [-0.15, -0.1) is 0 Å². The Morgan fingerprint density at radius 1 is 1.13 bits per heavy atom. The molecule has 3 aromatic rings. The number of benzene rings is 2. The van der Waals surface area contributed by atoms with E-state index in [0.717, 1.165) is 31.6 Å². The lowest BCUT2D eigenvalue weighted by Crippen LogP contribution is -2.28. The molecule has 1 heterocycles. The number of fused-ring (bicyclic) bond motifs is 3. The molecule has 0 saturated heterocycles. The van der Waals surface area contributed by atoms with Crippen LogP contribution in [-0.2, 0) is 29.0 Å². The van der Waals surface area contributed by atoms with Crippen molar-refractivity contribution < 1.29 is 24.5 Å². The third kappa shape index (κ3) is 5.52. The molecule has 0 spiro atoms.